The third kappa shape index (κ3) is 3.93. The molecule has 1 saturated heterocycles. The second-order valence-electron chi connectivity index (χ2n) is 6.25. The summed E-state index contributed by atoms with van der Waals surface area (Å²) in [6.45, 7) is 0.229. The highest BCUT2D eigenvalue weighted by molar-refractivity contribution is 7.91. The highest BCUT2D eigenvalue weighted by Crippen LogP contribution is 2.26. The van der Waals surface area contributed by atoms with Gasteiger partial charge in [-0.3, -0.25) is 4.79 Å². The summed E-state index contributed by atoms with van der Waals surface area (Å²) in [5, 5.41) is 14.4. The molecule has 3 rings (SSSR count). The van der Waals surface area contributed by atoms with Crippen LogP contribution in [0.5, 0.6) is 0 Å². The molecule has 2 aromatic rings. The van der Waals surface area contributed by atoms with Crippen molar-refractivity contribution in [3.63, 3.8) is 0 Å². The number of amides is 1. The van der Waals surface area contributed by atoms with Gasteiger partial charge in [0.05, 0.1) is 11.5 Å². The van der Waals surface area contributed by atoms with Crippen molar-refractivity contribution >= 4 is 31.9 Å². The molecule has 28 heavy (non-hydrogen) atoms. The Morgan fingerprint density at radius 2 is 1.61 bits per heavy atom. The third-order valence-corrected chi connectivity index (χ3v) is 6.87. The predicted molar refractivity (Wildman–Crippen MR) is 99.9 cm³/mol. The van der Waals surface area contributed by atoms with Crippen LogP contribution in [-0.2, 0) is 20.0 Å². The van der Waals surface area contributed by atoms with Crippen LogP contribution in [0.4, 0.5) is 0 Å². The molecule has 1 aliphatic rings. The maximum absolute atomic E-state index is 12.5. The van der Waals surface area contributed by atoms with E-state index in [-0.39, 0.29) is 36.1 Å². The lowest BCUT2D eigenvalue weighted by molar-refractivity contribution is 0.0689. The highest BCUT2D eigenvalue weighted by atomic mass is 32.2. The quantitative estimate of drug-likeness (QED) is 0.682. The lowest BCUT2D eigenvalue weighted by Crippen LogP contribution is -2.43. The molecule has 0 unspecified atom stereocenters. The van der Waals surface area contributed by atoms with E-state index < -0.39 is 31.7 Å². The fourth-order valence-electron chi connectivity index (χ4n) is 2.96. The number of nitrogens with two attached hydrogens (primary N) is 1. The minimum absolute atomic E-state index is 0.0835. The number of carboxylic acids is 1. The highest BCUT2D eigenvalue weighted by Gasteiger charge is 2.26. The van der Waals surface area contributed by atoms with Gasteiger partial charge in [0.1, 0.15) is 0 Å². The van der Waals surface area contributed by atoms with Crippen LogP contribution in [0.1, 0.15) is 20.8 Å². The van der Waals surface area contributed by atoms with Gasteiger partial charge in [-0.15, -0.1) is 0 Å². The van der Waals surface area contributed by atoms with Gasteiger partial charge in [0, 0.05) is 30.4 Å². The molecule has 0 radical (unpaired) electrons. The number of hydrogen-bond donors (Lipinski definition) is 2. The summed E-state index contributed by atoms with van der Waals surface area (Å²) in [7, 11) is -7.39. The van der Waals surface area contributed by atoms with Crippen LogP contribution in [0.2, 0.25) is 0 Å². The summed E-state index contributed by atoms with van der Waals surface area (Å²) in [6, 6.07) is 7.23. The van der Waals surface area contributed by atoms with Gasteiger partial charge >= 0.3 is 16.2 Å². The van der Waals surface area contributed by atoms with Gasteiger partial charge in [0.2, 0.25) is 0 Å². The first-order valence-electron chi connectivity index (χ1n) is 8.08. The topological polar surface area (TPSA) is 157 Å². The molecule has 0 bridgehead atoms. The Morgan fingerprint density at radius 1 is 1.04 bits per heavy atom. The molecule has 0 aliphatic carbocycles. The van der Waals surface area contributed by atoms with E-state index in [1.54, 1.807) is 0 Å². The van der Waals surface area contributed by atoms with Crippen molar-refractivity contribution in [2.75, 3.05) is 24.6 Å². The summed E-state index contributed by atoms with van der Waals surface area (Å²) in [5.41, 5.74) is 0.316. The predicted octanol–water partition coefficient (Wildman–Crippen LogP) is -0.224. The van der Waals surface area contributed by atoms with E-state index in [9.17, 15) is 31.5 Å². The maximum atomic E-state index is 12.5. The summed E-state index contributed by atoms with van der Waals surface area (Å²) in [4.78, 5) is 25.5. The smallest absolute Gasteiger partial charge is 0.354 e. The standard InChI is InChI=1S/C16H17N3O7S2/c17-28(25,26)19-6-5-13(14(19)16(21)22)11-1-3-12(4-2-11)15(20)18-7-9-27(23,24)10-8-18/h1-6H,7-10H2,(H,21,22)(H2,17,25,26). The Bertz CT molecular complexity index is 1140. The zero-order chi connectivity index (χ0) is 20.7. The minimum Gasteiger partial charge on any atom is -0.477 e. The molecule has 0 saturated carbocycles. The zero-order valence-electron chi connectivity index (χ0n) is 14.5. The number of hydrogen-bond acceptors (Lipinski definition) is 6. The number of aromatic nitrogens is 1. The third-order valence-electron chi connectivity index (χ3n) is 4.40. The number of carbonyl (C=O) groups excluding carboxylic acids is 1. The number of nitrogens with zero attached hydrogens (tertiary/aromatic N) is 2. The molecule has 10 nitrogen and oxygen atoms in total. The van der Waals surface area contributed by atoms with Gasteiger partial charge in [-0.1, -0.05) is 12.1 Å². The second-order valence-corrected chi connectivity index (χ2v) is 9.97. The Labute approximate surface area is 161 Å². The first kappa shape index (κ1) is 20.0. The number of carboxylic acid groups (broad SMARTS) is 1. The van der Waals surface area contributed by atoms with Gasteiger partial charge in [0.25, 0.3) is 5.91 Å². The van der Waals surface area contributed by atoms with Gasteiger partial charge < -0.3 is 10.0 Å². The fourth-order valence-corrected chi connectivity index (χ4v) is 4.82. The van der Waals surface area contributed by atoms with E-state index >= 15 is 0 Å². The van der Waals surface area contributed by atoms with E-state index in [1.807, 2.05) is 0 Å². The van der Waals surface area contributed by atoms with E-state index in [0.717, 1.165) is 6.20 Å². The molecular weight excluding hydrogens is 410 g/mol. The van der Waals surface area contributed by atoms with Crippen molar-refractivity contribution in [1.82, 2.24) is 8.87 Å². The average molecular weight is 427 g/mol. The van der Waals surface area contributed by atoms with Gasteiger partial charge in [-0.05, 0) is 23.8 Å². The lowest BCUT2D eigenvalue weighted by atomic mass is 10.0. The molecule has 12 heteroatoms. The Hall–Kier alpha value is -2.70. The monoisotopic (exact) mass is 427 g/mol. The molecule has 3 N–H and O–H groups in total. The maximum Gasteiger partial charge on any atom is 0.354 e. The first-order chi connectivity index (χ1) is 13.0. The normalized spacial score (nSPS) is 16.7. The van der Waals surface area contributed by atoms with Gasteiger partial charge in [-0.2, -0.15) is 8.42 Å². The molecule has 2 heterocycles. The Kier molecular flexibility index (Phi) is 5.04. The molecule has 1 fully saturated rings. The fraction of sp³-hybridized carbons (Fsp3) is 0.250. The van der Waals surface area contributed by atoms with Gasteiger partial charge in [0.15, 0.2) is 15.5 Å². The van der Waals surface area contributed by atoms with Crippen LogP contribution in [-0.4, -0.2) is 67.3 Å². The van der Waals surface area contributed by atoms with Crippen LogP contribution >= 0.6 is 0 Å². The van der Waals surface area contributed by atoms with E-state index in [2.05, 4.69) is 0 Å². The van der Waals surface area contributed by atoms with Crippen LogP contribution in [0.25, 0.3) is 11.1 Å². The van der Waals surface area contributed by atoms with Crippen molar-refractivity contribution in [3.05, 3.63) is 47.8 Å². The van der Waals surface area contributed by atoms with Crippen molar-refractivity contribution in [2.24, 2.45) is 5.14 Å². The SMILES string of the molecule is NS(=O)(=O)n1ccc(-c2ccc(C(=O)N3CCS(=O)(=O)CC3)cc2)c1C(=O)O. The van der Waals surface area contributed by atoms with Crippen molar-refractivity contribution in [3.8, 4) is 11.1 Å². The molecule has 1 amide bonds. The Morgan fingerprint density at radius 3 is 2.11 bits per heavy atom. The summed E-state index contributed by atoms with van der Waals surface area (Å²) in [5.74, 6) is -1.97. The van der Waals surface area contributed by atoms with Crippen molar-refractivity contribution < 1.29 is 31.5 Å². The van der Waals surface area contributed by atoms with E-state index in [4.69, 9.17) is 5.14 Å². The summed E-state index contributed by atoms with van der Waals surface area (Å²) >= 11 is 0. The van der Waals surface area contributed by atoms with E-state index in [1.165, 1.54) is 35.2 Å². The van der Waals surface area contributed by atoms with Crippen molar-refractivity contribution in [1.29, 1.82) is 0 Å². The first-order valence-corrected chi connectivity index (χ1v) is 11.4. The molecule has 1 aromatic heterocycles. The number of carbonyl (C=O) groups is 2. The molecule has 0 spiro atoms. The van der Waals surface area contributed by atoms with Crippen LogP contribution in [0.3, 0.4) is 0 Å². The number of sulfone groups is 1. The number of benzene rings is 1. The zero-order valence-corrected chi connectivity index (χ0v) is 16.1. The molecule has 150 valence electrons. The largest absolute Gasteiger partial charge is 0.477 e. The average Bonchev–Trinajstić information content (AvgIpc) is 3.07. The molecular formula is C16H17N3O7S2. The second kappa shape index (κ2) is 7.04. The Balaban J connectivity index is 1.89. The molecule has 1 aromatic carbocycles. The summed E-state index contributed by atoms with van der Waals surface area (Å²) in [6.07, 6.45) is 1.04. The molecule has 0 atom stereocenters. The summed E-state index contributed by atoms with van der Waals surface area (Å²) < 4.78 is 46.5. The number of rotatable bonds is 4. The van der Waals surface area contributed by atoms with Crippen LogP contribution in [0, 0.1) is 0 Å². The van der Waals surface area contributed by atoms with E-state index in [0.29, 0.717) is 15.1 Å². The minimum atomic E-state index is -4.29. The van der Waals surface area contributed by atoms with Gasteiger partial charge in [-0.25, -0.2) is 22.3 Å². The number of aromatic carboxylic acids is 1. The van der Waals surface area contributed by atoms with Crippen LogP contribution < -0.4 is 5.14 Å². The van der Waals surface area contributed by atoms with Crippen LogP contribution in [0.15, 0.2) is 36.5 Å². The van der Waals surface area contributed by atoms with Crippen molar-refractivity contribution in [2.45, 2.75) is 0 Å². The molecule has 1 aliphatic heterocycles. The lowest BCUT2D eigenvalue weighted by Gasteiger charge is -2.26.